The van der Waals surface area contributed by atoms with Crippen LogP contribution in [0.15, 0.2) is 4.99 Å². The minimum Gasteiger partial charge on any atom is -0.378 e. The maximum absolute atomic E-state index is 11.9. The van der Waals surface area contributed by atoms with E-state index in [4.69, 9.17) is 4.74 Å². The van der Waals surface area contributed by atoms with Crippen molar-refractivity contribution in [2.75, 3.05) is 61.0 Å². The molecule has 0 spiro atoms. The Bertz CT molecular complexity index is 273. The normalized spacial score (nSPS) is 15.4. The summed E-state index contributed by atoms with van der Waals surface area (Å²) >= 11 is 0. The van der Waals surface area contributed by atoms with Crippen LogP contribution in [-0.4, -0.2) is 87.6 Å². The summed E-state index contributed by atoms with van der Waals surface area (Å²) in [4.78, 5) is 21.8. The first-order valence-electron chi connectivity index (χ1n) is 5.77. The summed E-state index contributed by atoms with van der Waals surface area (Å²) in [6.07, 6.45) is 0. The minimum atomic E-state index is 0.0644. The van der Waals surface area contributed by atoms with E-state index < -0.39 is 0 Å². The van der Waals surface area contributed by atoms with Crippen molar-refractivity contribution in [2.45, 2.75) is 0 Å². The molecule has 1 amide bonds. The van der Waals surface area contributed by atoms with E-state index in [0.29, 0.717) is 26.3 Å². The molecular formula is C11H22N4O2. The molecule has 0 radical (unpaired) electrons. The van der Waals surface area contributed by atoms with Gasteiger partial charge in [-0.2, -0.15) is 0 Å². The van der Waals surface area contributed by atoms with Crippen molar-refractivity contribution in [1.82, 2.24) is 14.7 Å². The molecule has 1 fully saturated rings. The highest BCUT2D eigenvalue weighted by Crippen LogP contribution is 1.98. The smallest absolute Gasteiger partial charge is 0.244 e. The lowest BCUT2D eigenvalue weighted by atomic mass is 10.4. The van der Waals surface area contributed by atoms with Crippen molar-refractivity contribution >= 4 is 11.9 Å². The average molecular weight is 242 g/mol. The standard InChI is InChI=1S/C11H22N4O2/c1-13(2)11(14(3)4)12-9-10(16)15-5-7-17-8-6-15/h5-9H2,1-4H3. The largest absolute Gasteiger partial charge is 0.378 e. The number of hydrogen-bond donors (Lipinski definition) is 0. The SMILES string of the molecule is CN(C)C(=NCC(=O)N1CCOCC1)N(C)C. The molecule has 6 heteroatoms. The number of rotatable bonds is 2. The van der Waals surface area contributed by atoms with Crippen molar-refractivity contribution in [2.24, 2.45) is 4.99 Å². The second-order valence-electron chi connectivity index (χ2n) is 4.40. The zero-order chi connectivity index (χ0) is 12.8. The van der Waals surface area contributed by atoms with Crippen LogP contribution in [0.4, 0.5) is 0 Å². The number of carbonyl (C=O) groups is 1. The van der Waals surface area contributed by atoms with Gasteiger partial charge < -0.3 is 19.4 Å². The van der Waals surface area contributed by atoms with Gasteiger partial charge >= 0.3 is 0 Å². The molecular weight excluding hydrogens is 220 g/mol. The van der Waals surface area contributed by atoms with Crippen LogP contribution in [-0.2, 0) is 9.53 Å². The van der Waals surface area contributed by atoms with Gasteiger partial charge in [-0.25, -0.2) is 4.99 Å². The average Bonchev–Trinajstić information content (AvgIpc) is 2.29. The lowest BCUT2D eigenvalue weighted by Crippen LogP contribution is -2.42. The lowest BCUT2D eigenvalue weighted by Gasteiger charge is -2.27. The summed E-state index contributed by atoms with van der Waals surface area (Å²) in [5.41, 5.74) is 0. The van der Waals surface area contributed by atoms with Gasteiger partial charge in [0.25, 0.3) is 0 Å². The van der Waals surface area contributed by atoms with Gasteiger partial charge in [0, 0.05) is 41.3 Å². The van der Waals surface area contributed by atoms with E-state index in [1.807, 2.05) is 38.0 Å². The Labute approximate surface area is 103 Å². The minimum absolute atomic E-state index is 0.0644. The molecule has 0 aromatic heterocycles. The molecule has 0 aromatic rings. The predicted molar refractivity (Wildman–Crippen MR) is 67.1 cm³/mol. The number of carbonyl (C=O) groups excluding carboxylic acids is 1. The third-order valence-corrected chi connectivity index (χ3v) is 2.52. The van der Waals surface area contributed by atoms with Gasteiger partial charge in [0.2, 0.25) is 5.91 Å². The molecule has 98 valence electrons. The van der Waals surface area contributed by atoms with E-state index in [9.17, 15) is 4.79 Å². The molecule has 0 atom stereocenters. The molecule has 0 aliphatic carbocycles. The van der Waals surface area contributed by atoms with Gasteiger partial charge in [-0.15, -0.1) is 0 Å². The fraction of sp³-hybridized carbons (Fsp3) is 0.818. The number of morpholine rings is 1. The van der Waals surface area contributed by atoms with E-state index in [1.165, 1.54) is 0 Å². The first kappa shape index (κ1) is 13.8. The summed E-state index contributed by atoms with van der Waals surface area (Å²) in [6.45, 7) is 2.81. The maximum atomic E-state index is 11.9. The van der Waals surface area contributed by atoms with E-state index >= 15 is 0 Å². The molecule has 1 heterocycles. The van der Waals surface area contributed by atoms with Gasteiger partial charge in [0.05, 0.1) is 13.2 Å². The van der Waals surface area contributed by atoms with Crippen molar-refractivity contribution in [1.29, 1.82) is 0 Å². The Morgan fingerprint density at radius 3 is 2.18 bits per heavy atom. The van der Waals surface area contributed by atoms with Gasteiger partial charge in [0.1, 0.15) is 6.54 Å². The fourth-order valence-electron chi connectivity index (χ4n) is 1.73. The van der Waals surface area contributed by atoms with Crippen LogP contribution in [0.5, 0.6) is 0 Å². The molecule has 1 aliphatic heterocycles. The summed E-state index contributed by atoms with van der Waals surface area (Å²) in [5.74, 6) is 0.862. The van der Waals surface area contributed by atoms with Crippen LogP contribution < -0.4 is 0 Å². The molecule has 1 saturated heterocycles. The van der Waals surface area contributed by atoms with Crippen molar-refractivity contribution in [3.05, 3.63) is 0 Å². The summed E-state index contributed by atoms with van der Waals surface area (Å²) in [6, 6.07) is 0. The molecule has 17 heavy (non-hydrogen) atoms. The second-order valence-corrected chi connectivity index (χ2v) is 4.40. The highest BCUT2D eigenvalue weighted by atomic mass is 16.5. The molecule has 0 bridgehead atoms. The summed E-state index contributed by atoms with van der Waals surface area (Å²) in [7, 11) is 7.66. The molecule has 6 nitrogen and oxygen atoms in total. The number of nitrogens with zero attached hydrogens (tertiary/aromatic N) is 4. The monoisotopic (exact) mass is 242 g/mol. The molecule has 1 rings (SSSR count). The van der Waals surface area contributed by atoms with Crippen LogP contribution in [0.25, 0.3) is 0 Å². The van der Waals surface area contributed by atoms with Crippen molar-refractivity contribution in [3.8, 4) is 0 Å². The van der Waals surface area contributed by atoms with Gasteiger partial charge in [-0.3, -0.25) is 4.79 Å². The van der Waals surface area contributed by atoms with Crippen LogP contribution in [0.2, 0.25) is 0 Å². The highest BCUT2D eigenvalue weighted by molar-refractivity contribution is 5.84. The van der Waals surface area contributed by atoms with E-state index in [-0.39, 0.29) is 12.5 Å². The number of aliphatic imine (C=N–C) groups is 1. The van der Waals surface area contributed by atoms with Crippen molar-refractivity contribution in [3.63, 3.8) is 0 Å². The topological polar surface area (TPSA) is 48.4 Å². The second kappa shape index (κ2) is 6.44. The van der Waals surface area contributed by atoms with Crippen LogP contribution in [0, 0.1) is 0 Å². The fourth-order valence-corrected chi connectivity index (χ4v) is 1.73. The lowest BCUT2D eigenvalue weighted by molar-refractivity contribution is -0.133. The number of guanidine groups is 1. The summed E-state index contributed by atoms with van der Waals surface area (Å²) < 4.78 is 5.21. The number of amides is 1. The van der Waals surface area contributed by atoms with Crippen molar-refractivity contribution < 1.29 is 9.53 Å². The molecule has 0 unspecified atom stereocenters. The molecule has 0 N–H and O–H groups in total. The molecule has 0 aromatic carbocycles. The Morgan fingerprint density at radius 2 is 1.71 bits per heavy atom. The molecule has 0 saturated carbocycles. The predicted octanol–water partition coefficient (Wildman–Crippen LogP) is -0.676. The third kappa shape index (κ3) is 4.22. The Balaban J connectivity index is 2.52. The van der Waals surface area contributed by atoms with E-state index in [0.717, 1.165) is 5.96 Å². The Hall–Kier alpha value is -1.30. The first-order chi connectivity index (χ1) is 8.02. The zero-order valence-electron chi connectivity index (χ0n) is 11.1. The van der Waals surface area contributed by atoms with Crippen LogP contribution >= 0.6 is 0 Å². The van der Waals surface area contributed by atoms with Gasteiger partial charge in [-0.05, 0) is 0 Å². The number of ether oxygens (including phenoxy) is 1. The van der Waals surface area contributed by atoms with Crippen LogP contribution in [0.3, 0.4) is 0 Å². The van der Waals surface area contributed by atoms with E-state index in [1.54, 1.807) is 4.90 Å². The Morgan fingerprint density at radius 1 is 1.18 bits per heavy atom. The first-order valence-corrected chi connectivity index (χ1v) is 5.77. The highest BCUT2D eigenvalue weighted by Gasteiger charge is 2.16. The zero-order valence-corrected chi connectivity index (χ0v) is 11.1. The van der Waals surface area contributed by atoms with Gasteiger partial charge in [-0.1, -0.05) is 0 Å². The van der Waals surface area contributed by atoms with Gasteiger partial charge in [0.15, 0.2) is 5.96 Å². The summed E-state index contributed by atoms with van der Waals surface area (Å²) in [5, 5.41) is 0. The number of hydrogen-bond acceptors (Lipinski definition) is 3. The quantitative estimate of drug-likeness (QED) is 0.476. The third-order valence-electron chi connectivity index (χ3n) is 2.52. The maximum Gasteiger partial charge on any atom is 0.244 e. The van der Waals surface area contributed by atoms with E-state index in [2.05, 4.69) is 4.99 Å². The van der Waals surface area contributed by atoms with Crippen LogP contribution in [0.1, 0.15) is 0 Å². The Kier molecular flexibility index (Phi) is 5.21. The molecule has 1 aliphatic rings.